The number of fused-ring (bicyclic) bond motifs is 1. The zero-order valence-electron chi connectivity index (χ0n) is 18.3. The largest absolute Gasteiger partial charge is 0.479 e. The number of hydrogen-bond donors (Lipinski definition) is 1. The van der Waals surface area contributed by atoms with Crippen molar-refractivity contribution >= 4 is 5.97 Å². The Morgan fingerprint density at radius 2 is 1.86 bits per heavy atom. The third-order valence-corrected chi connectivity index (χ3v) is 6.03. The Morgan fingerprint density at radius 1 is 1.14 bits per heavy atom. The van der Waals surface area contributed by atoms with Crippen LogP contribution < -0.4 is 0 Å². The number of methoxy groups -OCH3 is 1. The Bertz CT molecular complexity index is 1200. The summed E-state index contributed by atoms with van der Waals surface area (Å²) in [4.78, 5) is 11.9. The van der Waals surface area contributed by atoms with Gasteiger partial charge in [-0.25, -0.2) is 22.6 Å². The zero-order chi connectivity index (χ0) is 24.7. The van der Waals surface area contributed by atoms with E-state index in [9.17, 15) is 23.1 Å². The summed E-state index contributed by atoms with van der Waals surface area (Å²) in [5.74, 6) is -5.60. The quantitative estimate of drug-likeness (QED) is 0.544. The SMILES string of the molecule is CO[C@@H]1[C@@H](n2cc(-c3cc(F)c(F)c(F)c3)nn2)[C@H]2OC(c3ccccc3)OC[C@H]2O[C@H]1C(=O)O. The topological polar surface area (TPSA) is 105 Å². The van der Waals surface area contributed by atoms with Crippen LogP contribution in [0.15, 0.2) is 48.7 Å². The molecule has 1 N–H and O–H groups in total. The van der Waals surface area contributed by atoms with Crippen molar-refractivity contribution in [2.24, 2.45) is 0 Å². The molecule has 0 aliphatic carbocycles. The normalized spacial score (nSPS) is 28.5. The van der Waals surface area contributed by atoms with Crippen LogP contribution in [-0.4, -0.2) is 64.2 Å². The van der Waals surface area contributed by atoms with Crippen molar-refractivity contribution in [3.05, 3.63) is 71.7 Å². The highest BCUT2D eigenvalue weighted by Gasteiger charge is 2.53. The van der Waals surface area contributed by atoms with Crippen LogP contribution in [0.25, 0.3) is 11.3 Å². The molecule has 0 radical (unpaired) electrons. The van der Waals surface area contributed by atoms with Crippen LogP contribution in [0.4, 0.5) is 13.2 Å². The predicted octanol–water partition coefficient (Wildman–Crippen LogP) is 2.88. The van der Waals surface area contributed by atoms with Gasteiger partial charge in [-0.05, 0) is 12.1 Å². The van der Waals surface area contributed by atoms with E-state index in [4.69, 9.17) is 18.9 Å². The van der Waals surface area contributed by atoms with Crippen LogP contribution in [0.5, 0.6) is 0 Å². The van der Waals surface area contributed by atoms with Gasteiger partial charge >= 0.3 is 5.97 Å². The highest BCUT2D eigenvalue weighted by Crippen LogP contribution is 2.40. The number of carbonyl (C=O) groups is 1. The molecule has 3 heterocycles. The smallest absolute Gasteiger partial charge is 0.335 e. The molecule has 5 rings (SSSR count). The van der Waals surface area contributed by atoms with Gasteiger partial charge in [0.05, 0.1) is 12.8 Å². The van der Waals surface area contributed by atoms with Crippen molar-refractivity contribution in [3.63, 3.8) is 0 Å². The van der Waals surface area contributed by atoms with E-state index >= 15 is 0 Å². The summed E-state index contributed by atoms with van der Waals surface area (Å²) >= 11 is 0. The van der Waals surface area contributed by atoms with Gasteiger partial charge in [-0.2, -0.15) is 0 Å². The number of hydrogen-bond acceptors (Lipinski definition) is 7. The van der Waals surface area contributed by atoms with E-state index < -0.39 is 60.2 Å². The molecule has 2 aliphatic heterocycles. The summed E-state index contributed by atoms with van der Waals surface area (Å²) in [5, 5.41) is 17.8. The second-order valence-electron chi connectivity index (χ2n) is 8.14. The molecule has 0 saturated carbocycles. The number of aromatic nitrogens is 3. The molecular formula is C23H20F3N3O6. The zero-order valence-corrected chi connectivity index (χ0v) is 18.3. The van der Waals surface area contributed by atoms with Crippen molar-refractivity contribution in [3.8, 4) is 11.3 Å². The van der Waals surface area contributed by atoms with Crippen molar-refractivity contribution in [1.29, 1.82) is 0 Å². The molecule has 2 saturated heterocycles. The first-order chi connectivity index (χ1) is 16.9. The van der Waals surface area contributed by atoms with Gasteiger partial charge in [0.1, 0.15) is 30.0 Å². The first kappa shape index (κ1) is 23.4. The average Bonchev–Trinajstić information content (AvgIpc) is 3.35. The Balaban J connectivity index is 1.52. The Morgan fingerprint density at radius 3 is 2.51 bits per heavy atom. The maximum absolute atomic E-state index is 13.8. The van der Waals surface area contributed by atoms with E-state index in [1.165, 1.54) is 18.0 Å². The number of ether oxygens (including phenoxy) is 4. The molecular weight excluding hydrogens is 471 g/mol. The lowest BCUT2D eigenvalue weighted by Gasteiger charge is -2.48. The van der Waals surface area contributed by atoms with Gasteiger partial charge < -0.3 is 24.1 Å². The number of halogens is 3. The van der Waals surface area contributed by atoms with E-state index in [0.717, 1.165) is 17.7 Å². The molecule has 0 spiro atoms. The molecule has 2 aliphatic rings. The van der Waals surface area contributed by atoms with Crippen LogP contribution >= 0.6 is 0 Å². The maximum atomic E-state index is 13.8. The van der Waals surface area contributed by atoms with Crippen LogP contribution in [0.3, 0.4) is 0 Å². The van der Waals surface area contributed by atoms with E-state index in [1.54, 1.807) is 0 Å². The molecule has 35 heavy (non-hydrogen) atoms. The summed E-state index contributed by atoms with van der Waals surface area (Å²) in [6.45, 7) is 0.0386. The molecule has 1 unspecified atom stereocenters. The molecule has 3 aromatic rings. The summed E-state index contributed by atoms with van der Waals surface area (Å²) in [6.07, 6.45) is -3.38. The van der Waals surface area contributed by atoms with E-state index in [1.807, 2.05) is 30.3 Å². The highest BCUT2D eigenvalue weighted by atomic mass is 19.2. The molecule has 0 amide bonds. The van der Waals surface area contributed by atoms with Crippen LogP contribution in [0.2, 0.25) is 0 Å². The molecule has 12 heteroatoms. The van der Waals surface area contributed by atoms with Crippen molar-refractivity contribution in [2.45, 2.75) is 36.7 Å². The number of aliphatic carboxylic acids is 1. The van der Waals surface area contributed by atoms with Gasteiger partial charge in [0.25, 0.3) is 0 Å². The van der Waals surface area contributed by atoms with Gasteiger partial charge in [0.2, 0.25) is 0 Å². The lowest BCUT2D eigenvalue weighted by atomic mass is 9.91. The summed E-state index contributed by atoms with van der Waals surface area (Å²) in [5.41, 5.74) is 0.741. The van der Waals surface area contributed by atoms with Crippen molar-refractivity contribution < 1.29 is 42.0 Å². The third kappa shape index (κ3) is 4.29. The number of carboxylic acids is 1. The fraction of sp³-hybridized carbons (Fsp3) is 0.348. The number of carboxylic acid groups (broad SMARTS) is 1. The second kappa shape index (κ2) is 9.38. The first-order valence-corrected chi connectivity index (χ1v) is 10.7. The van der Waals surface area contributed by atoms with E-state index in [0.29, 0.717) is 0 Å². The van der Waals surface area contributed by atoms with Gasteiger partial charge in [-0.15, -0.1) is 5.10 Å². The third-order valence-electron chi connectivity index (χ3n) is 6.03. The summed E-state index contributed by atoms with van der Waals surface area (Å²) in [7, 11) is 1.33. The Labute approximate surface area is 197 Å². The van der Waals surface area contributed by atoms with Crippen LogP contribution in [0.1, 0.15) is 17.9 Å². The van der Waals surface area contributed by atoms with Crippen LogP contribution in [-0.2, 0) is 23.7 Å². The average molecular weight is 491 g/mol. The monoisotopic (exact) mass is 491 g/mol. The second-order valence-corrected chi connectivity index (χ2v) is 8.14. The predicted molar refractivity (Wildman–Crippen MR) is 111 cm³/mol. The maximum Gasteiger partial charge on any atom is 0.335 e. The van der Waals surface area contributed by atoms with Crippen LogP contribution in [0, 0.1) is 17.5 Å². The minimum absolute atomic E-state index is 0.0386. The number of nitrogens with zero attached hydrogens (tertiary/aromatic N) is 3. The molecule has 9 nitrogen and oxygen atoms in total. The Hall–Kier alpha value is -3.32. The Kier molecular flexibility index (Phi) is 6.28. The molecule has 2 fully saturated rings. The number of benzene rings is 2. The summed E-state index contributed by atoms with van der Waals surface area (Å²) < 4.78 is 65.5. The number of rotatable bonds is 5. The van der Waals surface area contributed by atoms with Gasteiger partial charge in [0, 0.05) is 18.2 Å². The molecule has 2 aromatic carbocycles. The van der Waals surface area contributed by atoms with Gasteiger partial charge in [0.15, 0.2) is 29.8 Å². The first-order valence-electron chi connectivity index (χ1n) is 10.7. The molecule has 184 valence electrons. The molecule has 6 atom stereocenters. The standard InChI is InChI=1S/C23H20F3N3O6/c1-32-20-18(29-9-15(27-28-29)12-7-13(24)17(26)14(25)8-12)19-16(34-21(20)22(30)31)10-33-23(35-19)11-5-3-2-4-6-11/h2-9,16,18-21,23H,10H2,1H3,(H,30,31)/t16-,18+,19+,20-,21-,23?/m1/s1. The lowest BCUT2D eigenvalue weighted by molar-refractivity contribution is -0.316. The highest BCUT2D eigenvalue weighted by molar-refractivity contribution is 5.73. The fourth-order valence-electron chi connectivity index (χ4n) is 4.40. The molecule has 0 bridgehead atoms. The minimum Gasteiger partial charge on any atom is -0.479 e. The van der Waals surface area contributed by atoms with Crippen molar-refractivity contribution in [2.75, 3.05) is 13.7 Å². The van der Waals surface area contributed by atoms with E-state index in [2.05, 4.69) is 10.3 Å². The minimum atomic E-state index is -1.60. The van der Waals surface area contributed by atoms with Crippen molar-refractivity contribution in [1.82, 2.24) is 15.0 Å². The molecule has 1 aromatic heterocycles. The van der Waals surface area contributed by atoms with Gasteiger partial charge in [-0.3, -0.25) is 0 Å². The lowest BCUT2D eigenvalue weighted by Crippen LogP contribution is -2.61. The summed E-state index contributed by atoms with van der Waals surface area (Å²) in [6, 6.07) is 9.88. The fourth-order valence-corrected chi connectivity index (χ4v) is 4.40. The van der Waals surface area contributed by atoms with Gasteiger partial charge in [-0.1, -0.05) is 35.5 Å². The van der Waals surface area contributed by atoms with E-state index in [-0.39, 0.29) is 17.9 Å².